The van der Waals surface area contributed by atoms with Gasteiger partial charge < -0.3 is 4.90 Å². The zero-order valence-corrected chi connectivity index (χ0v) is 25.4. The average molecular weight is 538 g/mol. The fourth-order valence-corrected chi connectivity index (χ4v) is 5.21. The Morgan fingerprint density at radius 2 is 0.950 bits per heavy atom. The maximum atomic E-state index is 8.94. The molecule has 0 N–H and O–H groups in total. The highest BCUT2D eigenvalue weighted by Gasteiger charge is 2.12. The molecule has 3 rings (SSSR count). The van der Waals surface area contributed by atoms with Crippen LogP contribution in [0.4, 0.5) is 0 Å². The largest absolute Gasteiger partial charge is 0.302 e. The summed E-state index contributed by atoms with van der Waals surface area (Å²) in [5.41, 5.74) is 7.72. The summed E-state index contributed by atoms with van der Waals surface area (Å²) in [7, 11) is 0. The normalized spacial score (nSPS) is 11.3. The minimum absolute atomic E-state index is 0.463. The van der Waals surface area contributed by atoms with Crippen LogP contribution in [-0.4, -0.2) is 36.0 Å². The Labute approximate surface area is 244 Å². The number of hydrogen-bond acceptors (Lipinski definition) is 3. The number of rotatable bonds is 19. The third-order valence-corrected chi connectivity index (χ3v) is 7.82. The number of nitriles is 1. The Morgan fingerprint density at radius 3 is 1.45 bits per heavy atom. The van der Waals surface area contributed by atoms with Crippen molar-refractivity contribution in [3.63, 3.8) is 0 Å². The first-order chi connectivity index (χ1) is 19.6. The van der Waals surface area contributed by atoms with E-state index in [0.717, 1.165) is 31.7 Å². The molecule has 0 unspecified atom stereocenters. The molecule has 0 radical (unpaired) electrons. The van der Waals surface area contributed by atoms with Crippen molar-refractivity contribution in [3.05, 3.63) is 95.1 Å². The molecule has 0 aromatic heterocycles. The minimum Gasteiger partial charge on any atom is -0.302 e. The summed E-state index contributed by atoms with van der Waals surface area (Å²) in [5.74, 6) is 0. The number of benzene rings is 3. The fraction of sp³-hybridized carbons (Fsp3) is 0.486. The number of nitrogens with zero attached hydrogens (tertiary/aromatic N) is 3. The summed E-state index contributed by atoms with van der Waals surface area (Å²) in [6, 6.07) is 29.0. The second-order valence-corrected chi connectivity index (χ2v) is 11.3. The van der Waals surface area contributed by atoms with Gasteiger partial charge in [0.2, 0.25) is 0 Å². The molecule has 0 aliphatic carbocycles. The van der Waals surface area contributed by atoms with Crippen molar-refractivity contribution in [3.8, 4) is 17.2 Å². The first-order valence-electron chi connectivity index (χ1n) is 15.7. The van der Waals surface area contributed by atoms with E-state index in [1.807, 2.05) is 0 Å². The van der Waals surface area contributed by atoms with Crippen LogP contribution in [0, 0.1) is 11.3 Å². The molecule has 3 aromatic carbocycles. The summed E-state index contributed by atoms with van der Waals surface area (Å²) in [4.78, 5) is 5.30. The van der Waals surface area contributed by atoms with Gasteiger partial charge in [0, 0.05) is 26.2 Å². The topological polar surface area (TPSA) is 30.3 Å². The van der Waals surface area contributed by atoms with Gasteiger partial charge in [0.15, 0.2) is 0 Å². The molecule has 0 amide bonds. The van der Waals surface area contributed by atoms with E-state index in [1.54, 1.807) is 0 Å². The van der Waals surface area contributed by atoms with E-state index in [2.05, 4.69) is 109 Å². The highest BCUT2D eigenvalue weighted by Crippen LogP contribution is 2.22. The lowest BCUT2D eigenvalue weighted by molar-refractivity contribution is 0.189. The zero-order chi connectivity index (χ0) is 28.4. The molecule has 40 heavy (non-hydrogen) atoms. The van der Waals surface area contributed by atoms with Crippen LogP contribution in [0.1, 0.15) is 88.0 Å². The summed E-state index contributed by atoms with van der Waals surface area (Å²) in [6.45, 7) is 13.4. The van der Waals surface area contributed by atoms with Crippen LogP contribution in [0.5, 0.6) is 0 Å². The smallest absolute Gasteiger partial charge is 0.0669 e. The van der Waals surface area contributed by atoms with Crippen LogP contribution in [0.2, 0.25) is 0 Å². The first kappa shape index (κ1) is 31.6. The Kier molecular flexibility index (Phi) is 14.6. The van der Waals surface area contributed by atoms with Gasteiger partial charge in [-0.1, -0.05) is 119 Å². The molecule has 3 aromatic rings. The molecule has 3 heteroatoms. The van der Waals surface area contributed by atoms with Crippen molar-refractivity contribution in [1.29, 1.82) is 5.26 Å². The van der Waals surface area contributed by atoms with Crippen LogP contribution in [0.3, 0.4) is 0 Å². The Morgan fingerprint density at radius 1 is 0.500 bits per heavy atom. The van der Waals surface area contributed by atoms with Crippen LogP contribution in [0.25, 0.3) is 11.1 Å². The van der Waals surface area contributed by atoms with Gasteiger partial charge in [-0.2, -0.15) is 5.26 Å². The molecule has 0 atom stereocenters. The van der Waals surface area contributed by atoms with Crippen molar-refractivity contribution in [2.75, 3.05) is 26.2 Å². The SMILES string of the molecule is CCCCCc1ccc(CN(CCN(CCCC)CCCC)Cc2ccc(-c3ccc(CC#N)cc3)cc2)cc1. The quantitative estimate of drug-likeness (QED) is 0.143. The molecule has 0 fully saturated rings. The lowest BCUT2D eigenvalue weighted by Gasteiger charge is -2.28. The Balaban J connectivity index is 1.69. The summed E-state index contributed by atoms with van der Waals surface area (Å²) in [6.07, 6.45) is 10.6. The maximum Gasteiger partial charge on any atom is 0.0669 e. The van der Waals surface area contributed by atoms with E-state index in [-0.39, 0.29) is 0 Å². The lowest BCUT2D eigenvalue weighted by Crippen LogP contribution is -2.36. The average Bonchev–Trinajstić information content (AvgIpc) is 2.98. The lowest BCUT2D eigenvalue weighted by atomic mass is 10.0. The highest BCUT2D eigenvalue weighted by molar-refractivity contribution is 5.64. The molecule has 0 bridgehead atoms. The summed E-state index contributed by atoms with van der Waals surface area (Å²) in [5, 5.41) is 8.94. The number of hydrogen-bond donors (Lipinski definition) is 0. The Bertz CT molecular complexity index is 1100. The molecule has 0 aliphatic rings. The second-order valence-electron chi connectivity index (χ2n) is 11.3. The number of aryl methyl sites for hydroxylation is 1. The van der Waals surface area contributed by atoms with E-state index in [4.69, 9.17) is 5.26 Å². The van der Waals surface area contributed by atoms with E-state index >= 15 is 0 Å². The van der Waals surface area contributed by atoms with Crippen molar-refractivity contribution in [1.82, 2.24) is 9.80 Å². The molecule has 0 spiro atoms. The minimum atomic E-state index is 0.463. The van der Waals surface area contributed by atoms with Gasteiger partial charge in [-0.3, -0.25) is 4.90 Å². The fourth-order valence-electron chi connectivity index (χ4n) is 5.21. The Hall–Kier alpha value is -2.93. The molecule has 214 valence electrons. The van der Waals surface area contributed by atoms with Crippen molar-refractivity contribution in [2.24, 2.45) is 0 Å². The van der Waals surface area contributed by atoms with Crippen molar-refractivity contribution >= 4 is 0 Å². The van der Waals surface area contributed by atoms with E-state index in [1.165, 1.54) is 92.3 Å². The second kappa shape index (κ2) is 18.4. The van der Waals surface area contributed by atoms with Crippen LogP contribution >= 0.6 is 0 Å². The predicted molar refractivity (Wildman–Crippen MR) is 171 cm³/mol. The third kappa shape index (κ3) is 11.3. The zero-order valence-electron chi connectivity index (χ0n) is 25.4. The van der Waals surface area contributed by atoms with E-state index in [0.29, 0.717) is 6.42 Å². The van der Waals surface area contributed by atoms with Gasteiger partial charge in [0.25, 0.3) is 0 Å². The molecule has 0 aliphatic heterocycles. The van der Waals surface area contributed by atoms with Gasteiger partial charge >= 0.3 is 0 Å². The van der Waals surface area contributed by atoms with Gasteiger partial charge in [0.1, 0.15) is 0 Å². The standard InChI is InChI=1S/C37H51N3/c1-4-7-10-11-32-12-14-34(15-13-32)30-40(29-28-39(26-8-5-2)27-9-6-3)31-35-18-22-37(23-19-35)36-20-16-33(17-21-36)24-25-38/h12-23H,4-11,24,26-31H2,1-3H3. The maximum absolute atomic E-state index is 8.94. The third-order valence-electron chi connectivity index (χ3n) is 7.82. The highest BCUT2D eigenvalue weighted by atomic mass is 15.2. The van der Waals surface area contributed by atoms with E-state index < -0.39 is 0 Å². The molecule has 3 nitrogen and oxygen atoms in total. The van der Waals surface area contributed by atoms with E-state index in [9.17, 15) is 0 Å². The molecular formula is C37H51N3. The van der Waals surface area contributed by atoms with Crippen LogP contribution in [-0.2, 0) is 25.9 Å². The molecule has 0 heterocycles. The summed E-state index contributed by atoms with van der Waals surface area (Å²) < 4.78 is 0. The first-order valence-corrected chi connectivity index (χ1v) is 15.7. The molecule has 0 saturated heterocycles. The monoisotopic (exact) mass is 537 g/mol. The van der Waals surface area contributed by atoms with Gasteiger partial charge in [0.05, 0.1) is 12.5 Å². The predicted octanol–water partition coefficient (Wildman–Crippen LogP) is 9.06. The molecular weight excluding hydrogens is 486 g/mol. The van der Waals surface area contributed by atoms with Crippen LogP contribution < -0.4 is 0 Å². The van der Waals surface area contributed by atoms with Crippen LogP contribution in [0.15, 0.2) is 72.8 Å². The number of unbranched alkanes of at least 4 members (excludes halogenated alkanes) is 4. The van der Waals surface area contributed by atoms with Gasteiger partial charge in [-0.15, -0.1) is 0 Å². The van der Waals surface area contributed by atoms with Crippen molar-refractivity contribution < 1.29 is 0 Å². The molecule has 0 saturated carbocycles. The van der Waals surface area contributed by atoms with Gasteiger partial charge in [-0.25, -0.2) is 0 Å². The van der Waals surface area contributed by atoms with Crippen molar-refractivity contribution in [2.45, 2.75) is 91.6 Å². The summed E-state index contributed by atoms with van der Waals surface area (Å²) >= 11 is 0. The van der Waals surface area contributed by atoms with Gasteiger partial charge in [-0.05, 0) is 72.2 Å².